The normalized spacial score (nSPS) is 17.2. The molecule has 0 radical (unpaired) electrons. The molecule has 1 amide bonds. The van der Waals surface area contributed by atoms with Gasteiger partial charge in [-0.2, -0.15) is 0 Å². The van der Waals surface area contributed by atoms with Crippen LogP contribution < -0.4 is 0 Å². The van der Waals surface area contributed by atoms with Gasteiger partial charge in [0, 0.05) is 38.0 Å². The summed E-state index contributed by atoms with van der Waals surface area (Å²) < 4.78 is 0. The van der Waals surface area contributed by atoms with Crippen LogP contribution in [0, 0.1) is 23.7 Å². The molecule has 3 nitrogen and oxygen atoms in total. The Labute approximate surface area is 105 Å². The van der Waals surface area contributed by atoms with Crippen LogP contribution in [0.1, 0.15) is 27.7 Å². The van der Waals surface area contributed by atoms with Crippen molar-refractivity contribution < 1.29 is 4.79 Å². The first-order valence-corrected chi connectivity index (χ1v) is 6.50. The largest absolute Gasteiger partial charge is 0.340 e. The summed E-state index contributed by atoms with van der Waals surface area (Å²) >= 11 is 0. The summed E-state index contributed by atoms with van der Waals surface area (Å²) in [5.41, 5.74) is 0. The lowest BCUT2D eigenvalue weighted by atomic mass is 10.1. The van der Waals surface area contributed by atoms with E-state index in [4.69, 9.17) is 0 Å². The molecule has 0 aromatic heterocycles. The van der Waals surface area contributed by atoms with Crippen molar-refractivity contribution in [1.82, 2.24) is 9.80 Å². The monoisotopic (exact) mass is 236 g/mol. The second kappa shape index (κ2) is 6.66. The highest BCUT2D eigenvalue weighted by Crippen LogP contribution is 2.06. The standard InChI is InChI=1S/C14H24N2O/c1-12(2)6-5-7-15-8-10-16(11-9-15)14(17)13(3)4/h12-13H,7-11H2,1-4H3. The summed E-state index contributed by atoms with van der Waals surface area (Å²) in [7, 11) is 0. The molecular weight excluding hydrogens is 212 g/mol. The lowest BCUT2D eigenvalue weighted by molar-refractivity contribution is -0.136. The maximum Gasteiger partial charge on any atom is 0.225 e. The Morgan fingerprint density at radius 1 is 1.12 bits per heavy atom. The fourth-order valence-electron chi connectivity index (χ4n) is 1.85. The smallest absolute Gasteiger partial charge is 0.225 e. The molecule has 1 fully saturated rings. The van der Waals surface area contributed by atoms with Crippen molar-refractivity contribution in [2.75, 3.05) is 32.7 Å². The topological polar surface area (TPSA) is 23.6 Å². The Hall–Kier alpha value is -1.01. The van der Waals surface area contributed by atoms with Crippen molar-refractivity contribution in [1.29, 1.82) is 0 Å². The molecule has 0 saturated carbocycles. The molecule has 0 spiro atoms. The summed E-state index contributed by atoms with van der Waals surface area (Å²) in [6.45, 7) is 12.6. The summed E-state index contributed by atoms with van der Waals surface area (Å²) in [5, 5.41) is 0. The fourth-order valence-corrected chi connectivity index (χ4v) is 1.85. The maximum atomic E-state index is 11.8. The highest BCUT2D eigenvalue weighted by molar-refractivity contribution is 5.78. The lowest BCUT2D eigenvalue weighted by Gasteiger charge is -2.34. The van der Waals surface area contributed by atoms with Gasteiger partial charge in [-0.3, -0.25) is 9.69 Å². The van der Waals surface area contributed by atoms with Gasteiger partial charge in [0.05, 0.1) is 6.54 Å². The predicted molar refractivity (Wildman–Crippen MR) is 70.5 cm³/mol. The molecule has 96 valence electrons. The van der Waals surface area contributed by atoms with Crippen LogP contribution in [0.4, 0.5) is 0 Å². The summed E-state index contributed by atoms with van der Waals surface area (Å²) in [6, 6.07) is 0. The molecule has 0 aliphatic carbocycles. The van der Waals surface area contributed by atoms with Crippen LogP contribution in [0.25, 0.3) is 0 Å². The van der Waals surface area contributed by atoms with Crippen LogP contribution in [0.5, 0.6) is 0 Å². The lowest BCUT2D eigenvalue weighted by Crippen LogP contribution is -2.49. The SMILES string of the molecule is CC(C)C#CCN1CCN(C(=O)C(C)C)CC1. The van der Waals surface area contributed by atoms with E-state index < -0.39 is 0 Å². The van der Waals surface area contributed by atoms with Crippen LogP contribution in [0.15, 0.2) is 0 Å². The van der Waals surface area contributed by atoms with Gasteiger partial charge >= 0.3 is 0 Å². The Kier molecular flexibility index (Phi) is 5.50. The number of piperazine rings is 1. The van der Waals surface area contributed by atoms with Gasteiger partial charge < -0.3 is 4.90 Å². The van der Waals surface area contributed by atoms with E-state index in [1.54, 1.807) is 0 Å². The number of rotatable bonds is 2. The van der Waals surface area contributed by atoms with E-state index in [-0.39, 0.29) is 11.8 Å². The molecule has 0 aromatic carbocycles. The number of carbonyl (C=O) groups is 1. The number of hydrogen-bond acceptors (Lipinski definition) is 2. The number of carbonyl (C=O) groups excluding carboxylic acids is 1. The molecule has 0 bridgehead atoms. The van der Waals surface area contributed by atoms with Crippen molar-refractivity contribution >= 4 is 5.91 Å². The predicted octanol–water partition coefficient (Wildman–Crippen LogP) is 1.45. The molecule has 1 saturated heterocycles. The zero-order valence-corrected chi connectivity index (χ0v) is 11.5. The van der Waals surface area contributed by atoms with Gasteiger partial charge in [0.2, 0.25) is 5.91 Å². The third-order valence-corrected chi connectivity index (χ3v) is 2.87. The third kappa shape index (κ3) is 4.79. The zero-order chi connectivity index (χ0) is 12.8. The van der Waals surface area contributed by atoms with Crippen LogP contribution in [0.3, 0.4) is 0 Å². The quantitative estimate of drug-likeness (QED) is 0.677. The molecule has 1 heterocycles. The third-order valence-electron chi connectivity index (χ3n) is 2.87. The van der Waals surface area contributed by atoms with Gasteiger partial charge in [0.1, 0.15) is 0 Å². The minimum Gasteiger partial charge on any atom is -0.340 e. The van der Waals surface area contributed by atoms with E-state index in [1.165, 1.54) is 0 Å². The molecular formula is C14H24N2O. The molecule has 0 unspecified atom stereocenters. The van der Waals surface area contributed by atoms with Gasteiger partial charge in [-0.25, -0.2) is 0 Å². The molecule has 0 N–H and O–H groups in total. The van der Waals surface area contributed by atoms with E-state index >= 15 is 0 Å². The van der Waals surface area contributed by atoms with E-state index in [1.807, 2.05) is 18.7 Å². The van der Waals surface area contributed by atoms with Crippen LogP contribution in [-0.4, -0.2) is 48.4 Å². The molecule has 3 heteroatoms. The van der Waals surface area contributed by atoms with Crippen molar-refractivity contribution in [3.63, 3.8) is 0 Å². The first kappa shape index (κ1) is 14.1. The number of hydrogen-bond donors (Lipinski definition) is 0. The average Bonchev–Trinajstić information content (AvgIpc) is 2.28. The van der Waals surface area contributed by atoms with E-state index in [0.717, 1.165) is 32.7 Å². The second-order valence-corrected chi connectivity index (χ2v) is 5.23. The Balaban J connectivity index is 2.32. The first-order valence-electron chi connectivity index (χ1n) is 6.50. The zero-order valence-electron chi connectivity index (χ0n) is 11.5. The Morgan fingerprint density at radius 2 is 1.71 bits per heavy atom. The summed E-state index contributed by atoms with van der Waals surface area (Å²) in [5.74, 6) is 7.20. The first-order chi connectivity index (χ1) is 8.00. The van der Waals surface area contributed by atoms with E-state index in [2.05, 4.69) is 30.6 Å². The molecule has 0 aromatic rings. The van der Waals surface area contributed by atoms with Crippen LogP contribution in [0.2, 0.25) is 0 Å². The molecule has 1 aliphatic heterocycles. The van der Waals surface area contributed by atoms with Gasteiger partial charge in [-0.1, -0.05) is 39.5 Å². The summed E-state index contributed by atoms with van der Waals surface area (Å²) in [4.78, 5) is 16.1. The Bertz CT molecular complexity index is 304. The second-order valence-electron chi connectivity index (χ2n) is 5.23. The minimum atomic E-state index is 0.113. The Morgan fingerprint density at radius 3 is 2.18 bits per heavy atom. The van der Waals surface area contributed by atoms with Gasteiger partial charge in [0.25, 0.3) is 0 Å². The molecule has 1 aliphatic rings. The summed E-state index contributed by atoms with van der Waals surface area (Å²) in [6.07, 6.45) is 0. The molecule has 1 rings (SSSR count). The van der Waals surface area contributed by atoms with Crippen molar-refractivity contribution in [2.24, 2.45) is 11.8 Å². The van der Waals surface area contributed by atoms with Crippen molar-refractivity contribution in [3.8, 4) is 11.8 Å². The van der Waals surface area contributed by atoms with Crippen LogP contribution in [-0.2, 0) is 4.79 Å². The maximum absolute atomic E-state index is 11.8. The van der Waals surface area contributed by atoms with E-state index in [9.17, 15) is 4.79 Å². The highest BCUT2D eigenvalue weighted by atomic mass is 16.2. The van der Waals surface area contributed by atoms with Gasteiger partial charge in [-0.05, 0) is 0 Å². The average molecular weight is 236 g/mol. The van der Waals surface area contributed by atoms with Crippen molar-refractivity contribution in [3.05, 3.63) is 0 Å². The highest BCUT2D eigenvalue weighted by Gasteiger charge is 2.21. The van der Waals surface area contributed by atoms with Crippen molar-refractivity contribution in [2.45, 2.75) is 27.7 Å². The fraction of sp³-hybridized carbons (Fsp3) is 0.786. The van der Waals surface area contributed by atoms with Crippen LogP contribution >= 0.6 is 0 Å². The van der Waals surface area contributed by atoms with Gasteiger partial charge in [-0.15, -0.1) is 0 Å². The number of amides is 1. The van der Waals surface area contributed by atoms with E-state index in [0.29, 0.717) is 5.92 Å². The molecule has 17 heavy (non-hydrogen) atoms. The number of nitrogens with zero attached hydrogens (tertiary/aromatic N) is 2. The minimum absolute atomic E-state index is 0.113. The molecule has 0 atom stereocenters. The van der Waals surface area contributed by atoms with Gasteiger partial charge in [0.15, 0.2) is 0 Å².